The van der Waals surface area contributed by atoms with Gasteiger partial charge < -0.3 is 20.3 Å². The number of rotatable bonds is 56. The SMILES string of the molecule is CCCCCCCCCCCCCCCCCCCCC(O)C(CO)NC(=O)CCCCCCCCCCCCCCCCOC(=O)CCCCCCCCCCCCCCCCCC. The van der Waals surface area contributed by atoms with E-state index >= 15 is 0 Å². The summed E-state index contributed by atoms with van der Waals surface area (Å²) in [5.41, 5.74) is 0. The average molecular weight is 921 g/mol. The average Bonchev–Trinajstić information content (AvgIpc) is 3.31. The quantitative estimate of drug-likeness (QED) is 0.0417. The molecule has 0 rings (SSSR count). The molecule has 2 atom stereocenters. The third kappa shape index (κ3) is 52.1. The van der Waals surface area contributed by atoms with E-state index < -0.39 is 12.1 Å². The van der Waals surface area contributed by atoms with E-state index in [0.717, 1.165) is 51.4 Å². The summed E-state index contributed by atoms with van der Waals surface area (Å²) in [6, 6.07) is -0.548. The second-order valence-corrected chi connectivity index (χ2v) is 20.7. The number of carbonyl (C=O) groups excluding carboxylic acids is 2. The van der Waals surface area contributed by atoms with Gasteiger partial charge in [0, 0.05) is 12.8 Å². The van der Waals surface area contributed by atoms with Gasteiger partial charge >= 0.3 is 5.97 Å². The zero-order valence-corrected chi connectivity index (χ0v) is 44.3. The second kappa shape index (κ2) is 55.5. The Morgan fingerprint density at radius 1 is 0.369 bits per heavy atom. The van der Waals surface area contributed by atoms with Crippen LogP contribution in [0.25, 0.3) is 0 Å². The standard InChI is InChI=1S/C59H117NO5/c1-3-5-7-9-11-13-15-17-19-21-22-23-27-31-35-39-43-47-51-57(62)56(55-61)60-58(63)52-48-44-40-36-32-28-25-26-30-34-38-42-46-50-54-65-59(64)53-49-45-41-37-33-29-24-20-18-16-14-12-10-8-6-4-2/h56-57,61-62H,3-55H2,1-2H3,(H,60,63). The molecule has 0 fully saturated rings. The molecule has 0 bridgehead atoms. The summed E-state index contributed by atoms with van der Waals surface area (Å²) in [6.45, 7) is 4.97. The van der Waals surface area contributed by atoms with Gasteiger partial charge in [-0.1, -0.05) is 303 Å². The van der Waals surface area contributed by atoms with Crippen molar-refractivity contribution >= 4 is 11.9 Å². The molecule has 0 radical (unpaired) electrons. The smallest absolute Gasteiger partial charge is 0.305 e. The third-order valence-electron chi connectivity index (χ3n) is 14.2. The Kier molecular flexibility index (Phi) is 54.5. The van der Waals surface area contributed by atoms with Crippen LogP contribution in [0.15, 0.2) is 0 Å². The van der Waals surface area contributed by atoms with Crippen molar-refractivity contribution in [3.8, 4) is 0 Å². The first-order valence-electron chi connectivity index (χ1n) is 29.8. The highest BCUT2D eigenvalue weighted by Gasteiger charge is 2.20. The number of unbranched alkanes of at least 4 members (excludes halogenated alkanes) is 45. The Labute approximate surface area is 406 Å². The number of ether oxygens (including phenoxy) is 1. The third-order valence-corrected chi connectivity index (χ3v) is 14.2. The molecule has 6 heteroatoms. The molecule has 0 spiro atoms. The summed E-state index contributed by atoms with van der Waals surface area (Å²) in [4.78, 5) is 24.6. The lowest BCUT2D eigenvalue weighted by atomic mass is 10.0. The van der Waals surface area contributed by atoms with Crippen LogP contribution in [0.5, 0.6) is 0 Å². The maximum absolute atomic E-state index is 12.5. The number of aliphatic hydroxyl groups is 2. The summed E-state index contributed by atoms with van der Waals surface area (Å²) >= 11 is 0. The van der Waals surface area contributed by atoms with E-state index in [4.69, 9.17) is 4.74 Å². The highest BCUT2D eigenvalue weighted by Crippen LogP contribution is 2.18. The van der Waals surface area contributed by atoms with Crippen molar-refractivity contribution in [2.75, 3.05) is 13.2 Å². The second-order valence-electron chi connectivity index (χ2n) is 20.7. The fourth-order valence-corrected chi connectivity index (χ4v) is 9.58. The highest BCUT2D eigenvalue weighted by atomic mass is 16.5. The summed E-state index contributed by atoms with van der Waals surface area (Å²) in [7, 11) is 0. The molecule has 0 aromatic rings. The van der Waals surface area contributed by atoms with E-state index in [1.165, 1.54) is 257 Å². The first-order chi connectivity index (χ1) is 32.0. The lowest BCUT2D eigenvalue weighted by molar-refractivity contribution is -0.143. The normalized spacial score (nSPS) is 12.5. The highest BCUT2D eigenvalue weighted by molar-refractivity contribution is 5.76. The van der Waals surface area contributed by atoms with Crippen LogP contribution in [0.1, 0.15) is 341 Å². The Morgan fingerprint density at radius 2 is 0.631 bits per heavy atom. The van der Waals surface area contributed by atoms with Crippen LogP contribution in [0, 0.1) is 0 Å². The van der Waals surface area contributed by atoms with Crippen LogP contribution in [-0.2, 0) is 14.3 Å². The van der Waals surface area contributed by atoms with Crippen LogP contribution < -0.4 is 5.32 Å². The van der Waals surface area contributed by atoms with Crippen molar-refractivity contribution in [2.45, 2.75) is 353 Å². The minimum absolute atomic E-state index is 0.00256. The molecule has 388 valence electrons. The number of carbonyl (C=O) groups is 2. The molecule has 2 unspecified atom stereocenters. The van der Waals surface area contributed by atoms with Crippen LogP contribution >= 0.6 is 0 Å². The van der Waals surface area contributed by atoms with Crippen molar-refractivity contribution in [1.29, 1.82) is 0 Å². The molecular formula is C59H117NO5. The van der Waals surface area contributed by atoms with E-state index in [1.807, 2.05) is 0 Å². The minimum atomic E-state index is -0.670. The Balaban J connectivity index is 3.41. The predicted octanol–water partition coefficient (Wildman–Crippen LogP) is 18.3. The summed E-state index contributed by atoms with van der Waals surface area (Å²) < 4.78 is 5.48. The molecule has 0 aliphatic carbocycles. The van der Waals surface area contributed by atoms with Crippen molar-refractivity contribution in [3.05, 3.63) is 0 Å². The molecule has 0 saturated carbocycles. The molecule has 0 heterocycles. The fourth-order valence-electron chi connectivity index (χ4n) is 9.58. The van der Waals surface area contributed by atoms with Crippen molar-refractivity contribution < 1.29 is 24.5 Å². The van der Waals surface area contributed by atoms with E-state index in [0.29, 0.717) is 25.9 Å². The van der Waals surface area contributed by atoms with Crippen molar-refractivity contribution in [3.63, 3.8) is 0 Å². The Morgan fingerprint density at radius 3 is 0.938 bits per heavy atom. The zero-order valence-electron chi connectivity index (χ0n) is 44.3. The maximum atomic E-state index is 12.5. The van der Waals surface area contributed by atoms with Gasteiger partial charge in [0.15, 0.2) is 0 Å². The van der Waals surface area contributed by atoms with Gasteiger partial charge in [-0.05, 0) is 25.7 Å². The van der Waals surface area contributed by atoms with Crippen LogP contribution in [0.3, 0.4) is 0 Å². The summed E-state index contributed by atoms with van der Waals surface area (Å²) in [6.07, 6.45) is 63.8. The molecule has 0 saturated heterocycles. The van der Waals surface area contributed by atoms with Gasteiger partial charge in [-0.25, -0.2) is 0 Å². The molecule has 0 aliphatic rings. The van der Waals surface area contributed by atoms with Gasteiger partial charge in [0.05, 0.1) is 25.4 Å². The van der Waals surface area contributed by atoms with E-state index in [1.54, 1.807) is 0 Å². The monoisotopic (exact) mass is 920 g/mol. The molecule has 1 amide bonds. The topological polar surface area (TPSA) is 95.9 Å². The summed E-state index contributed by atoms with van der Waals surface area (Å²) in [5.74, 6) is -0.0389. The Hall–Kier alpha value is -1.14. The fraction of sp³-hybridized carbons (Fsp3) is 0.966. The number of esters is 1. The van der Waals surface area contributed by atoms with Gasteiger partial charge in [-0.3, -0.25) is 9.59 Å². The molecule has 0 aromatic carbocycles. The zero-order chi connectivity index (χ0) is 47.2. The van der Waals surface area contributed by atoms with E-state index in [2.05, 4.69) is 19.2 Å². The van der Waals surface area contributed by atoms with Gasteiger partial charge in [-0.15, -0.1) is 0 Å². The first kappa shape index (κ1) is 63.9. The van der Waals surface area contributed by atoms with Crippen LogP contribution in [0.2, 0.25) is 0 Å². The predicted molar refractivity (Wildman–Crippen MR) is 283 cm³/mol. The lowest BCUT2D eigenvalue weighted by Crippen LogP contribution is -2.45. The van der Waals surface area contributed by atoms with Gasteiger partial charge in [0.2, 0.25) is 5.91 Å². The molecular weight excluding hydrogens is 803 g/mol. The lowest BCUT2D eigenvalue weighted by Gasteiger charge is -2.22. The van der Waals surface area contributed by atoms with Crippen LogP contribution in [-0.4, -0.2) is 47.4 Å². The van der Waals surface area contributed by atoms with Gasteiger partial charge in [-0.2, -0.15) is 0 Å². The van der Waals surface area contributed by atoms with Crippen LogP contribution in [0.4, 0.5) is 0 Å². The first-order valence-corrected chi connectivity index (χ1v) is 29.8. The number of hydrogen-bond acceptors (Lipinski definition) is 5. The molecule has 6 nitrogen and oxygen atoms in total. The number of nitrogens with one attached hydrogen (secondary N) is 1. The van der Waals surface area contributed by atoms with E-state index in [9.17, 15) is 19.8 Å². The largest absolute Gasteiger partial charge is 0.466 e. The Bertz CT molecular complexity index is 928. The number of hydrogen-bond donors (Lipinski definition) is 3. The van der Waals surface area contributed by atoms with Crippen molar-refractivity contribution in [2.24, 2.45) is 0 Å². The molecule has 0 aliphatic heterocycles. The molecule has 3 N–H and O–H groups in total. The molecule has 0 aromatic heterocycles. The van der Waals surface area contributed by atoms with Crippen molar-refractivity contribution in [1.82, 2.24) is 5.32 Å². The van der Waals surface area contributed by atoms with E-state index in [-0.39, 0.29) is 18.5 Å². The molecule has 65 heavy (non-hydrogen) atoms. The van der Waals surface area contributed by atoms with Gasteiger partial charge in [0.1, 0.15) is 0 Å². The number of aliphatic hydroxyl groups excluding tert-OH is 2. The minimum Gasteiger partial charge on any atom is -0.466 e. The summed E-state index contributed by atoms with van der Waals surface area (Å²) in [5, 5.41) is 23.3. The van der Waals surface area contributed by atoms with Gasteiger partial charge in [0.25, 0.3) is 0 Å². The maximum Gasteiger partial charge on any atom is 0.305 e. The number of amides is 1.